The van der Waals surface area contributed by atoms with Crippen LogP contribution in [0.4, 0.5) is 4.79 Å². The molecule has 1 aromatic carbocycles. The van der Waals surface area contributed by atoms with Crippen LogP contribution >= 0.6 is 0 Å². The van der Waals surface area contributed by atoms with Crippen molar-refractivity contribution in [2.24, 2.45) is 0 Å². The molecular formula is C19H26N4O. The van der Waals surface area contributed by atoms with Crippen LogP contribution in [-0.4, -0.2) is 21.6 Å². The van der Waals surface area contributed by atoms with Crippen LogP contribution in [0.5, 0.6) is 0 Å². The smallest absolute Gasteiger partial charge is 0.315 e. The lowest BCUT2D eigenvalue weighted by Crippen LogP contribution is -2.42. The van der Waals surface area contributed by atoms with Crippen LogP contribution in [0.3, 0.4) is 0 Å². The van der Waals surface area contributed by atoms with Gasteiger partial charge < -0.3 is 15.2 Å². The minimum Gasteiger partial charge on any atom is -0.335 e. The maximum absolute atomic E-state index is 12.2. The number of aromatic nitrogens is 2. The summed E-state index contributed by atoms with van der Waals surface area (Å²) in [7, 11) is 0. The Morgan fingerprint density at radius 2 is 1.88 bits per heavy atom. The summed E-state index contributed by atoms with van der Waals surface area (Å²) < 4.78 is 1.96. The first kappa shape index (κ1) is 16.6. The van der Waals surface area contributed by atoms with Gasteiger partial charge in [-0.2, -0.15) is 0 Å². The van der Waals surface area contributed by atoms with Crippen molar-refractivity contribution < 1.29 is 4.79 Å². The van der Waals surface area contributed by atoms with Crippen LogP contribution in [0.15, 0.2) is 43.0 Å². The van der Waals surface area contributed by atoms with Crippen molar-refractivity contribution in [3.8, 4) is 5.69 Å². The van der Waals surface area contributed by atoms with Crippen molar-refractivity contribution in [1.29, 1.82) is 0 Å². The van der Waals surface area contributed by atoms with Crippen molar-refractivity contribution in [3.05, 3.63) is 48.5 Å². The van der Waals surface area contributed by atoms with E-state index in [1.807, 2.05) is 35.0 Å². The molecule has 0 atom stereocenters. The molecular weight excluding hydrogens is 300 g/mol. The van der Waals surface area contributed by atoms with Crippen LogP contribution < -0.4 is 10.6 Å². The highest BCUT2D eigenvalue weighted by Crippen LogP contribution is 2.17. The summed E-state index contributed by atoms with van der Waals surface area (Å²) in [5.74, 6) is 0. The number of amides is 2. The maximum atomic E-state index is 12.2. The number of carbonyl (C=O) groups excluding carboxylic acids is 1. The van der Waals surface area contributed by atoms with E-state index in [2.05, 4.69) is 15.6 Å². The van der Waals surface area contributed by atoms with E-state index in [-0.39, 0.29) is 6.03 Å². The zero-order valence-corrected chi connectivity index (χ0v) is 14.1. The molecule has 2 amide bonds. The number of hydrogen-bond acceptors (Lipinski definition) is 2. The minimum atomic E-state index is -0.0685. The third-order valence-corrected chi connectivity index (χ3v) is 4.65. The molecule has 1 heterocycles. The first-order chi connectivity index (χ1) is 11.8. The maximum Gasteiger partial charge on any atom is 0.315 e. The summed E-state index contributed by atoms with van der Waals surface area (Å²) in [6.45, 7) is 0.507. The van der Waals surface area contributed by atoms with Crippen LogP contribution in [-0.2, 0) is 6.54 Å². The number of para-hydroxylation sites is 1. The third kappa shape index (κ3) is 4.60. The summed E-state index contributed by atoms with van der Waals surface area (Å²) in [5.41, 5.74) is 2.12. The lowest BCUT2D eigenvalue weighted by atomic mass is 9.97. The minimum absolute atomic E-state index is 0.0685. The third-order valence-electron chi connectivity index (χ3n) is 4.65. The number of nitrogens with one attached hydrogen (secondary N) is 2. The average molecular weight is 326 g/mol. The SMILES string of the molecule is O=C(NCc1ccccc1-n1ccnc1)NC1CCCCCCC1. The monoisotopic (exact) mass is 326 g/mol. The number of hydrogen-bond donors (Lipinski definition) is 2. The Morgan fingerprint density at radius 1 is 1.12 bits per heavy atom. The number of urea groups is 1. The second kappa shape index (κ2) is 8.52. The standard InChI is InChI=1S/C19H26N4O/c24-19(22-17-9-4-2-1-3-5-10-17)21-14-16-8-6-7-11-18(16)23-13-12-20-15-23/h6-8,11-13,15,17H,1-5,9-10,14H2,(H2,21,22,24). The Labute approximate surface area is 143 Å². The van der Waals surface area contributed by atoms with Gasteiger partial charge in [-0.15, -0.1) is 0 Å². The van der Waals surface area contributed by atoms with Gasteiger partial charge in [-0.05, 0) is 24.5 Å². The average Bonchev–Trinajstić information content (AvgIpc) is 3.10. The lowest BCUT2D eigenvalue weighted by Gasteiger charge is -2.21. The second-order valence-corrected chi connectivity index (χ2v) is 6.47. The number of nitrogens with zero attached hydrogens (tertiary/aromatic N) is 2. The van der Waals surface area contributed by atoms with Gasteiger partial charge in [0.05, 0.1) is 12.0 Å². The van der Waals surface area contributed by atoms with Gasteiger partial charge >= 0.3 is 6.03 Å². The van der Waals surface area contributed by atoms with Gasteiger partial charge in [-0.25, -0.2) is 9.78 Å². The molecule has 1 saturated carbocycles. The zero-order chi connectivity index (χ0) is 16.6. The van der Waals surface area contributed by atoms with Gasteiger partial charge in [0, 0.05) is 25.0 Å². The molecule has 128 valence electrons. The van der Waals surface area contributed by atoms with Gasteiger partial charge in [-0.1, -0.05) is 50.3 Å². The molecule has 1 fully saturated rings. The van der Waals surface area contributed by atoms with Crippen LogP contribution in [0.1, 0.15) is 50.5 Å². The Balaban J connectivity index is 1.55. The lowest BCUT2D eigenvalue weighted by molar-refractivity contribution is 0.233. The molecule has 0 bridgehead atoms. The summed E-state index contributed by atoms with van der Waals surface area (Å²) in [5, 5.41) is 6.14. The van der Waals surface area contributed by atoms with Gasteiger partial charge in [0.25, 0.3) is 0 Å². The van der Waals surface area contributed by atoms with Gasteiger partial charge in [0.1, 0.15) is 0 Å². The van der Waals surface area contributed by atoms with Crippen molar-refractivity contribution in [2.75, 3.05) is 0 Å². The van der Waals surface area contributed by atoms with Crippen LogP contribution in [0.25, 0.3) is 5.69 Å². The van der Waals surface area contributed by atoms with E-state index in [4.69, 9.17) is 0 Å². The highest BCUT2D eigenvalue weighted by Gasteiger charge is 2.14. The Kier molecular flexibility index (Phi) is 5.88. The summed E-state index contributed by atoms with van der Waals surface area (Å²) in [6.07, 6.45) is 14.0. The first-order valence-corrected chi connectivity index (χ1v) is 8.93. The Bertz CT molecular complexity index is 631. The van der Waals surface area contributed by atoms with Gasteiger partial charge in [-0.3, -0.25) is 0 Å². The molecule has 0 aliphatic heterocycles. The van der Waals surface area contributed by atoms with E-state index in [1.54, 1.807) is 12.5 Å². The van der Waals surface area contributed by atoms with Crippen molar-refractivity contribution in [2.45, 2.75) is 57.5 Å². The largest absolute Gasteiger partial charge is 0.335 e. The summed E-state index contributed by atoms with van der Waals surface area (Å²) >= 11 is 0. The van der Waals surface area contributed by atoms with E-state index in [0.717, 1.165) is 24.1 Å². The molecule has 0 saturated heterocycles. The fraction of sp³-hybridized carbons (Fsp3) is 0.474. The molecule has 5 heteroatoms. The molecule has 0 radical (unpaired) electrons. The molecule has 0 unspecified atom stereocenters. The molecule has 1 aliphatic rings. The molecule has 1 aliphatic carbocycles. The predicted molar refractivity (Wildman–Crippen MR) is 95.0 cm³/mol. The molecule has 2 N–H and O–H groups in total. The fourth-order valence-corrected chi connectivity index (χ4v) is 3.33. The Hall–Kier alpha value is -2.30. The zero-order valence-electron chi connectivity index (χ0n) is 14.1. The van der Waals surface area contributed by atoms with Crippen LogP contribution in [0, 0.1) is 0 Å². The first-order valence-electron chi connectivity index (χ1n) is 8.93. The van der Waals surface area contributed by atoms with Crippen molar-refractivity contribution in [1.82, 2.24) is 20.2 Å². The van der Waals surface area contributed by atoms with Gasteiger partial charge in [0.15, 0.2) is 0 Å². The predicted octanol–water partition coefficient (Wildman–Crippen LogP) is 3.78. The van der Waals surface area contributed by atoms with E-state index < -0.39 is 0 Å². The number of imidazole rings is 1. The van der Waals surface area contributed by atoms with Crippen LogP contribution in [0.2, 0.25) is 0 Å². The molecule has 2 aromatic rings. The second-order valence-electron chi connectivity index (χ2n) is 6.47. The van der Waals surface area contributed by atoms with E-state index in [0.29, 0.717) is 12.6 Å². The molecule has 3 rings (SSSR count). The van der Waals surface area contributed by atoms with E-state index in [9.17, 15) is 4.79 Å². The quantitative estimate of drug-likeness (QED) is 0.898. The Morgan fingerprint density at radius 3 is 2.62 bits per heavy atom. The number of rotatable bonds is 4. The molecule has 1 aromatic heterocycles. The van der Waals surface area contributed by atoms with Crippen molar-refractivity contribution in [3.63, 3.8) is 0 Å². The number of carbonyl (C=O) groups is 1. The molecule has 0 spiro atoms. The topological polar surface area (TPSA) is 59.0 Å². The van der Waals surface area contributed by atoms with Gasteiger partial charge in [0.2, 0.25) is 0 Å². The molecule has 24 heavy (non-hydrogen) atoms. The fourth-order valence-electron chi connectivity index (χ4n) is 3.33. The van der Waals surface area contributed by atoms with Crippen molar-refractivity contribution >= 4 is 6.03 Å². The van der Waals surface area contributed by atoms with E-state index in [1.165, 1.54) is 32.1 Å². The molecule has 5 nitrogen and oxygen atoms in total. The summed E-state index contributed by atoms with van der Waals surface area (Å²) in [6, 6.07) is 8.30. The highest BCUT2D eigenvalue weighted by atomic mass is 16.2. The highest BCUT2D eigenvalue weighted by molar-refractivity contribution is 5.74. The summed E-state index contributed by atoms with van der Waals surface area (Å²) in [4.78, 5) is 16.3. The normalized spacial score (nSPS) is 16.2. The van der Waals surface area contributed by atoms with E-state index >= 15 is 0 Å². The number of benzene rings is 1.